The minimum atomic E-state index is -0.0172. The van der Waals surface area contributed by atoms with Crippen LogP contribution in [0.2, 0.25) is 0 Å². The van der Waals surface area contributed by atoms with E-state index >= 15 is 0 Å². The Labute approximate surface area is 168 Å². The van der Waals surface area contributed by atoms with Gasteiger partial charge >= 0.3 is 0 Å². The largest absolute Gasteiger partial charge is 0.381 e. The molecule has 2 fully saturated rings. The molecule has 0 spiro atoms. The minimum absolute atomic E-state index is 0.0172. The van der Waals surface area contributed by atoms with Crippen LogP contribution in [0.25, 0.3) is 0 Å². The summed E-state index contributed by atoms with van der Waals surface area (Å²) in [5, 5.41) is 6.63. The number of guanidine groups is 1. The van der Waals surface area contributed by atoms with Crippen LogP contribution in [0.15, 0.2) is 4.99 Å². The number of hydrogen-bond acceptors (Lipinski definition) is 6. The van der Waals surface area contributed by atoms with E-state index in [4.69, 9.17) is 14.2 Å². The van der Waals surface area contributed by atoms with Crippen LogP contribution in [0.5, 0.6) is 0 Å². The molecule has 0 bridgehead atoms. The summed E-state index contributed by atoms with van der Waals surface area (Å²) in [6.45, 7) is 9.27. The summed E-state index contributed by atoms with van der Waals surface area (Å²) < 4.78 is 16.5. The van der Waals surface area contributed by atoms with Crippen LogP contribution in [0, 0.1) is 5.92 Å². The van der Waals surface area contributed by atoms with E-state index in [0.29, 0.717) is 18.5 Å². The topological polar surface area (TPSA) is 87.7 Å². The molecule has 1 amide bonds. The number of amides is 1. The number of rotatable bonds is 11. The first kappa shape index (κ1) is 22.9. The number of carbonyl (C=O) groups is 1. The Bertz CT molecular complexity index is 463. The normalized spacial score (nSPS) is 20.9. The first-order valence-electron chi connectivity index (χ1n) is 10.3. The van der Waals surface area contributed by atoms with E-state index in [2.05, 4.69) is 20.5 Å². The molecule has 2 saturated heterocycles. The summed E-state index contributed by atoms with van der Waals surface area (Å²) in [5.41, 5.74) is 0. The molecular formula is C19H37N5O4. The molecule has 0 aromatic carbocycles. The lowest BCUT2D eigenvalue weighted by Crippen LogP contribution is -2.45. The molecule has 0 radical (unpaired) electrons. The van der Waals surface area contributed by atoms with Gasteiger partial charge in [0.25, 0.3) is 0 Å². The molecule has 162 valence electrons. The predicted molar refractivity (Wildman–Crippen MR) is 109 cm³/mol. The van der Waals surface area contributed by atoms with Gasteiger partial charge in [0, 0.05) is 66.0 Å². The van der Waals surface area contributed by atoms with Crippen molar-refractivity contribution in [3.05, 3.63) is 0 Å². The fourth-order valence-electron chi connectivity index (χ4n) is 2.97. The standard InChI is InChI=1S/C19H37N5O4/c1-23(2)18(25)14-22-19(21-6-7-24-8-12-26-13-9-24)20-5-3-10-27-15-17-4-11-28-16-17/h17H,3-16H2,1-2H3,(H2,20,21,22). The van der Waals surface area contributed by atoms with Gasteiger partial charge in [-0.3, -0.25) is 9.69 Å². The number of nitrogens with zero attached hydrogens (tertiary/aromatic N) is 3. The summed E-state index contributed by atoms with van der Waals surface area (Å²) in [7, 11) is 3.48. The molecule has 0 aromatic heterocycles. The van der Waals surface area contributed by atoms with Crippen LogP contribution in [-0.4, -0.2) is 115 Å². The number of carbonyl (C=O) groups excluding carboxylic acids is 1. The molecule has 2 N–H and O–H groups in total. The predicted octanol–water partition coefficient (Wildman–Crippen LogP) is -0.615. The van der Waals surface area contributed by atoms with Gasteiger partial charge in [-0.25, -0.2) is 4.99 Å². The number of morpholine rings is 1. The van der Waals surface area contributed by atoms with Crippen LogP contribution in [0.1, 0.15) is 12.8 Å². The molecule has 9 heteroatoms. The van der Waals surface area contributed by atoms with Gasteiger partial charge in [-0.05, 0) is 12.8 Å². The van der Waals surface area contributed by atoms with Gasteiger partial charge < -0.3 is 29.7 Å². The fourth-order valence-corrected chi connectivity index (χ4v) is 2.97. The molecule has 0 aliphatic carbocycles. The van der Waals surface area contributed by atoms with Crippen molar-refractivity contribution in [1.82, 2.24) is 20.4 Å². The summed E-state index contributed by atoms with van der Waals surface area (Å²) in [6.07, 6.45) is 1.99. The van der Waals surface area contributed by atoms with Crippen LogP contribution < -0.4 is 10.6 Å². The Hall–Kier alpha value is -1.42. The second-order valence-corrected chi connectivity index (χ2v) is 7.42. The van der Waals surface area contributed by atoms with Crippen molar-refractivity contribution in [3.8, 4) is 0 Å². The van der Waals surface area contributed by atoms with Gasteiger partial charge in [-0.1, -0.05) is 0 Å². The third-order valence-electron chi connectivity index (χ3n) is 4.83. The SMILES string of the molecule is CN(C)C(=O)CN=C(NCCCOCC1CCOC1)NCCN1CCOCC1. The maximum absolute atomic E-state index is 11.8. The third kappa shape index (κ3) is 9.68. The monoisotopic (exact) mass is 399 g/mol. The number of nitrogens with one attached hydrogen (secondary N) is 2. The second kappa shape index (κ2) is 13.7. The van der Waals surface area contributed by atoms with Crippen molar-refractivity contribution < 1.29 is 19.0 Å². The summed E-state index contributed by atoms with van der Waals surface area (Å²) in [4.78, 5) is 20.1. The average Bonchev–Trinajstić information content (AvgIpc) is 3.22. The minimum Gasteiger partial charge on any atom is -0.381 e. The highest BCUT2D eigenvalue weighted by molar-refractivity contribution is 5.84. The van der Waals surface area contributed by atoms with Gasteiger partial charge in [0.15, 0.2) is 5.96 Å². The molecule has 0 aromatic rings. The zero-order valence-corrected chi connectivity index (χ0v) is 17.5. The maximum Gasteiger partial charge on any atom is 0.243 e. The molecule has 0 saturated carbocycles. The fraction of sp³-hybridized carbons (Fsp3) is 0.895. The van der Waals surface area contributed by atoms with Gasteiger partial charge in [0.2, 0.25) is 5.91 Å². The number of ether oxygens (including phenoxy) is 3. The average molecular weight is 400 g/mol. The maximum atomic E-state index is 11.8. The van der Waals surface area contributed by atoms with E-state index in [1.165, 1.54) is 0 Å². The Morgan fingerprint density at radius 3 is 2.68 bits per heavy atom. The van der Waals surface area contributed by atoms with Gasteiger partial charge in [-0.2, -0.15) is 0 Å². The quantitative estimate of drug-likeness (QED) is 0.272. The first-order valence-corrected chi connectivity index (χ1v) is 10.3. The molecule has 1 atom stereocenters. The summed E-state index contributed by atoms with van der Waals surface area (Å²) in [5.74, 6) is 1.20. The molecule has 28 heavy (non-hydrogen) atoms. The molecule has 2 rings (SSSR count). The van der Waals surface area contributed by atoms with Crippen molar-refractivity contribution in [2.75, 3.05) is 93.0 Å². The molecule has 2 heterocycles. The van der Waals surface area contributed by atoms with Crippen LogP contribution in [0.3, 0.4) is 0 Å². The van der Waals surface area contributed by atoms with E-state index in [1.807, 2.05) is 0 Å². The highest BCUT2D eigenvalue weighted by Gasteiger charge is 2.15. The first-order chi connectivity index (χ1) is 13.6. The lowest BCUT2D eigenvalue weighted by Gasteiger charge is -2.26. The Morgan fingerprint density at radius 2 is 1.96 bits per heavy atom. The Balaban J connectivity index is 1.63. The molecule has 1 unspecified atom stereocenters. The van der Waals surface area contributed by atoms with Gasteiger partial charge in [0.05, 0.1) is 26.4 Å². The van der Waals surface area contributed by atoms with Crippen molar-refractivity contribution in [2.24, 2.45) is 10.9 Å². The second-order valence-electron chi connectivity index (χ2n) is 7.42. The lowest BCUT2D eigenvalue weighted by molar-refractivity contribution is -0.127. The van der Waals surface area contributed by atoms with Gasteiger partial charge in [-0.15, -0.1) is 0 Å². The molecule has 2 aliphatic rings. The number of hydrogen-bond donors (Lipinski definition) is 2. The summed E-state index contributed by atoms with van der Waals surface area (Å²) in [6, 6.07) is 0. The van der Waals surface area contributed by atoms with Gasteiger partial charge in [0.1, 0.15) is 6.54 Å². The molecule has 2 aliphatic heterocycles. The van der Waals surface area contributed by atoms with Crippen LogP contribution in [0.4, 0.5) is 0 Å². The van der Waals surface area contributed by atoms with E-state index in [-0.39, 0.29) is 12.5 Å². The molecular weight excluding hydrogens is 362 g/mol. The zero-order chi connectivity index (χ0) is 20.0. The summed E-state index contributed by atoms with van der Waals surface area (Å²) >= 11 is 0. The van der Waals surface area contributed by atoms with Crippen LogP contribution >= 0.6 is 0 Å². The van der Waals surface area contributed by atoms with Crippen molar-refractivity contribution in [3.63, 3.8) is 0 Å². The van der Waals surface area contributed by atoms with Crippen molar-refractivity contribution >= 4 is 11.9 Å². The number of aliphatic imine (C=N–C) groups is 1. The van der Waals surface area contributed by atoms with E-state index in [9.17, 15) is 4.79 Å². The van der Waals surface area contributed by atoms with Crippen LogP contribution in [-0.2, 0) is 19.0 Å². The van der Waals surface area contributed by atoms with Crippen molar-refractivity contribution in [2.45, 2.75) is 12.8 Å². The van der Waals surface area contributed by atoms with E-state index < -0.39 is 0 Å². The zero-order valence-electron chi connectivity index (χ0n) is 17.5. The Morgan fingerprint density at radius 1 is 1.18 bits per heavy atom. The molecule has 9 nitrogen and oxygen atoms in total. The van der Waals surface area contributed by atoms with E-state index in [1.54, 1.807) is 19.0 Å². The highest BCUT2D eigenvalue weighted by atomic mass is 16.5. The van der Waals surface area contributed by atoms with Crippen molar-refractivity contribution in [1.29, 1.82) is 0 Å². The van der Waals surface area contributed by atoms with E-state index in [0.717, 1.165) is 78.6 Å². The highest BCUT2D eigenvalue weighted by Crippen LogP contribution is 2.12. The number of likely N-dealkylation sites (N-methyl/N-ethyl adjacent to an activating group) is 1. The smallest absolute Gasteiger partial charge is 0.243 e. The lowest BCUT2D eigenvalue weighted by atomic mass is 10.1. The third-order valence-corrected chi connectivity index (χ3v) is 4.83. The Kier molecular flexibility index (Phi) is 11.2.